The molecule has 3 N–H and O–H groups in total. The molecule has 2 atom stereocenters. The number of hydrogen-bond acceptors (Lipinski definition) is 7. The summed E-state index contributed by atoms with van der Waals surface area (Å²) >= 11 is 0. The van der Waals surface area contributed by atoms with Gasteiger partial charge in [-0.3, -0.25) is 14.8 Å². The van der Waals surface area contributed by atoms with Gasteiger partial charge in [0.25, 0.3) is 5.91 Å². The van der Waals surface area contributed by atoms with Crippen molar-refractivity contribution in [2.45, 2.75) is 32.3 Å². The summed E-state index contributed by atoms with van der Waals surface area (Å²) in [5.41, 5.74) is 3.92. The van der Waals surface area contributed by atoms with Crippen LogP contribution in [-0.4, -0.2) is 65.9 Å². The fraction of sp³-hybridized carbons (Fsp3) is 0.423. The van der Waals surface area contributed by atoms with Crippen LogP contribution in [0.1, 0.15) is 30.9 Å². The first-order chi connectivity index (χ1) is 17.0. The summed E-state index contributed by atoms with van der Waals surface area (Å²) in [5, 5.41) is 28.9. The molecule has 1 aliphatic rings. The van der Waals surface area contributed by atoms with Crippen molar-refractivity contribution in [3.8, 4) is 11.8 Å². The average molecular weight is 481 g/mol. The number of carbonyl (C=O) groups excluding carboxylic acids is 2. The normalized spacial score (nSPS) is 15.1. The molecule has 1 fully saturated rings. The standard InChI is InChI=1S/C26H32N4O5/c1-2-35-21-12-10-19(11-13-21)6-5-8-22(24(31)25(32)28-34)26(33)30-16-14-29(15-17-30)23-9-4-3-7-20(23)18-27/h3-4,7,9-13,22,24,31,34H,2,5-6,8,14-17H2,1H3,(H,28,32)/t22-,24-/m0/s1. The number of hydroxylamine groups is 1. The molecule has 3 rings (SSSR count). The van der Waals surface area contributed by atoms with Gasteiger partial charge >= 0.3 is 0 Å². The van der Waals surface area contributed by atoms with E-state index >= 15 is 0 Å². The van der Waals surface area contributed by atoms with Gasteiger partial charge in [-0.05, 0) is 56.0 Å². The number of rotatable bonds is 10. The van der Waals surface area contributed by atoms with Crippen LogP contribution in [0.3, 0.4) is 0 Å². The lowest BCUT2D eigenvalue weighted by molar-refractivity contribution is -0.150. The molecule has 2 aromatic rings. The van der Waals surface area contributed by atoms with Gasteiger partial charge in [0.1, 0.15) is 17.9 Å². The number of carbonyl (C=O) groups is 2. The molecule has 0 aliphatic carbocycles. The van der Waals surface area contributed by atoms with Crippen molar-refractivity contribution >= 4 is 17.5 Å². The maximum Gasteiger partial charge on any atom is 0.272 e. The van der Waals surface area contributed by atoms with Crippen molar-refractivity contribution in [1.82, 2.24) is 10.4 Å². The van der Waals surface area contributed by atoms with Gasteiger partial charge in [0, 0.05) is 26.2 Å². The number of anilines is 1. The minimum Gasteiger partial charge on any atom is -0.494 e. The second kappa shape index (κ2) is 12.7. The number of nitrogens with one attached hydrogen (secondary N) is 1. The molecular formula is C26H32N4O5. The second-order valence-corrected chi connectivity index (χ2v) is 8.44. The van der Waals surface area contributed by atoms with Crippen LogP contribution in [0.25, 0.3) is 0 Å². The number of hydrogen-bond donors (Lipinski definition) is 3. The first kappa shape index (κ1) is 26.0. The van der Waals surface area contributed by atoms with E-state index in [-0.39, 0.29) is 12.3 Å². The number of aryl methyl sites for hydroxylation is 1. The Hall–Kier alpha value is -3.61. The zero-order valence-corrected chi connectivity index (χ0v) is 19.9. The van der Waals surface area contributed by atoms with Gasteiger partial charge in [-0.1, -0.05) is 24.3 Å². The van der Waals surface area contributed by atoms with Crippen molar-refractivity contribution in [2.75, 3.05) is 37.7 Å². The van der Waals surface area contributed by atoms with Gasteiger partial charge in [-0.15, -0.1) is 0 Å². The van der Waals surface area contributed by atoms with E-state index in [1.165, 1.54) is 5.48 Å². The third-order valence-electron chi connectivity index (χ3n) is 6.25. The van der Waals surface area contributed by atoms with Crippen LogP contribution in [0.15, 0.2) is 48.5 Å². The number of amides is 2. The number of benzene rings is 2. The largest absolute Gasteiger partial charge is 0.494 e. The zero-order valence-electron chi connectivity index (χ0n) is 19.9. The van der Waals surface area contributed by atoms with E-state index in [2.05, 4.69) is 11.0 Å². The quantitative estimate of drug-likeness (QED) is 0.351. The third-order valence-corrected chi connectivity index (χ3v) is 6.25. The SMILES string of the molecule is CCOc1ccc(CCC[C@H](C(=O)N2CCN(c3ccccc3C#N)CC2)[C@H](O)C(=O)NO)cc1. The van der Waals surface area contributed by atoms with Crippen LogP contribution >= 0.6 is 0 Å². The Kier molecular flexibility index (Phi) is 9.47. The molecule has 9 nitrogen and oxygen atoms in total. The Morgan fingerprint density at radius 1 is 1.11 bits per heavy atom. The highest BCUT2D eigenvalue weighted by Crippen LogP contribution is 2.24. The monoisotopic (exact) mass is 480 g/mol. The molecule has 1 heterocycles. The number of piperazine rings is 1. The molecule has 0 saturated carbocycles. The Balaban J connectivity index is 1.62. The number of aliphatic hydroxyl groups is 1. The number of ether oxygens (including phenoxy) is 1. The van der Waals surface area contributed by atoms with E-state index in [9.17, 15) is 20.0 Å². The molecule has 186 valence electrons. The van der Waals surface area contributed by atoms with Crippen molar-refractivity contribution < 1.29 is 24.6 Å². The van der Waals surface area contributed by atoms with Crippen LogP contribution in [-0.2, 0) is 16.0 Å². The Bertz CT molecular complexity index is 1030. The molecule has 0 spiro atoms. The highest BCUT2D eigenvalue weighted by molar-refractivity contribution is 5.88. The molecule has 0 unspecified atom stereocenters. The van der Waals surface area contributed by atoms with Crippen molar-refractivity contribution in [2.24, 2.45) is 5.92 Å². The summed E-state index contributed by atoms with van der Waals surface area (Å²) in [7, 11) is 0. The van der Waals surface area contributed by atoms with Gasteiger partial charge in [0.15, 0.2) is 0 Å². The molecule has 0 aromatic heterocycles. The fourth-order valence-electron chi connectivity index (χ4n) is 4.36. The highest BCUT2D eigenvalue weighted by atomic mass is 16.5. The van der Waals surface area contributed by atoms with Gasteiger partial charge in [-0.25, -0.2) is 5.48 Å². The third kappa shape index (κ3) is 6.72. The number of nitrogens with zero attached hydrogens (tertiary/aromatic N) is 3. The molecule has 2 aromatic carbocycles. The van der Waals surface area contributed by atoms with Gasteiger partial charge < -0.3 is 19.6 Å². The van der Waals surface area contributed by atoms with E-state index in [0.717, 1.165) is 17.0 Å². The first-order valence-electron chi connectivity index (χ1n) is 11.8. The first-order valence-corrected chi connectivity index (χ1v) is 11.8. The Labute approximate surface area is 205 Å². The number of para-hydroxylation sites is 1. The van der Waals surface area contributed by atoms with Crippen molar-refractivity contribution in [1.29, 1.82) is 5.26 Å². The predicted octanol–water partition coefficient (Wildman–Crippen LogP) is 2.11. The zero-order chi connectivity index (χ0) is 25.2. The Morgan fingerprint density at radius 3 is 2.43 bits per heavy atom. The maximum absolute atomic E-state index is 13.3. The minimum atomic E-state index is -1.65. The van der Waals surface area contributed by atoms with Crippen LogP contribution < -0.4 is 15.1 Å². The molecule has 35 heavy (non-hydrogen) atoms. The molecular weight excluding hydrogens is 448 g/mol. The highest BCUT2D eigenvalue weighted by Gasteiger charge is 2.35. The molecule has 2 amide bonds. The summed E-state index contributed by atoms with van der Waals surface area (Å²) in [4.78, 5) is 28.9. The summed E-state index contributed by atoms with van der Waals surface area (Å²) < 4.78 is 5.45. The molecule has 1 saturated heterocycles. The smallest absolute Gasteiger partial charge is 0.272 e. The summed E-state index contributed by atoms with van der Waals surface area (Å²) in [5.74, 6) is -1.49. The van der Waals surface area contributed by atoms with E-state index in [1.807, 2.05) is 49.4 Å². The summed E-state index contributed by atoms with van der Waals surface area (Å²) in [6, 6.07) is 17.2. The maximum atomic E-state index is 13.3. The lowest BCUT2D eigenvalue weighted by Crippen LogP contribution is -2.53. The number of aliphatic hydroxyl groups excluding tert-OH is 1. The minimum absolute atomic E-state index is 0.290. The summed E-state index contributed by atoms with van der Waals surface area (Å²) in [6.07, 6.45) is -0.110. The van der Waals surface area contributed by atoms with Crippen molar-refractivity contribution in [3.63, 3.8) is 0 Å². The van der Waals surface area contributed by atoms with Crippen LogP contribution in [0.4, 0.5) is 5.69 Å². The average Bonchev–Trinajstić information content (AvgIpc) is 2.91. The number of nitriles is 1. The van der Waals surface area contributed by atoms with Crippen molar-refractivity contribution in [3.05, 3.63) is 59.7 Å². The fourth-order valence-corrected chi connectivity index (χ4v) is 4.36. The van der Waals surface area contributed by atoms with Crippen LogP contribution in [0.2, 0.25) is 0 Å². The van der Waals surface area contributed by atoms with E-state index in [4.69, 9.17) is 9.94 Å². The predicted molar refractivity (Wildman–Crippen MR) is 130 cm³/mol. The summed E-state index contributed by atoms with van der Waals surface area (Å²) in [6.45, 7) is 4.39. The second-order valence-electron chi connectivity index (χ2n) is 8.44. The van der Waals surface area contributed by atoms with E-state index in [1.54, 1.807) is 11.0 Å². The Morgan fingerprint density at radius 2 is 1.80 bits per heavy atom. The molecule has 0 bridgehead atoms. The lowest BCUT2D eigenvalue weighted by Gasteiger charge is -2.38. The molecule has 0 radical (unpaired) electrons. The van der Waals surface area contributed by atoms with Crippen LogP contribution in [0.5, 0.6) is 5.75 Å². The van der Waals surface area contributed by atoms with E-state index in [0.29, 0.717) is 51.2 Å². The molecule has 9 heteroatoms. The van der Waals surface area contributed by atoms with Gasteiger partial charge in [-0.2, -0.15) is 5.26 Å². The van der Waals surface area contributed by atoms with Gasteiger partial charge in [0.2, 0.25) is 5.91 Å². The van der Waals surface area contributed by atoms with Gasteiger partial charge in [0.05, 0.1) is 23.8 Å². The topological polar surface area (TPSA) is 126 Å². The lowest BCUT2D eigenvalue weighted by atomic mass is 9.92. The molecule has 1 aliphatic heterocycles. The van der Waals surface area contributed by atoms with E-state index < -0.39 is 17.9 Å². The van der Waals surface area contributed by atoms with Crippen LogP contribution in [0, 0.1) is 17.2 Å².